The number of rotatable bonds is 2. The standard InChI is InChI=1S/C8H8FN5O/c1-14-3-6(11-13-14)7-10-8(15-12-7)4-2-5(4)9/h3-5H,2H2,1H3/t4-,5+/m1/s1. The molecule has 2 aromatic heterocycles. The van der Waals surface area contributed by atoms with Crippen LogP contribution in [0.25, 0.3) is 11.5 Å². The van der Waals surface area contributed by atoms with Gasteiger partial charge in [0.1, 0.15) is 6.17 Å². The summed E-state index contributed by atoms with van der Waals surface area (Å²) >= 11 is 0. The summed E-state index contributed by atoms with van der Waals surface area (Å²) in [5.74, 6) is 0.489. The largest absolute Gasteiger partial charge is 0.338 e. The Balaban J connectivity index is 1.90. The minimum atomic E-state index is -0.833. The zero-order valence-electron chi connectivity index (χ0n) is 7.96. The van der Waals surface area contributed by atoms with Crippen LogP contribution in [0.3, 0.4) is 0 Å². The molecule has 2 atom stereocenters. The Hall–Kier alpha value is -1.79. The lowest BCUT2D eigenvalue weighted by Crippen LogP contribution is -1.85. The van der Waals surface area contributed by atoms with E-state index in [0.717, 1.165) is 0 Å². The van der Waals surface area contributed by atoms with Crippen LogP contribution in [-0.2, 0) is 7.05 Å². The molecule has 0 aliphatic heterocycles. The van der Waals surface area contributed by atoms with Crippen molar-refractivity contribution in [2.24, 2.45) is 7.05 Å². The number of halogens is 1. The minimum absolute atomic E-state index is 0.220. The van der Waals surface area contributed by atoms with E-state index in [-0.39, 0.29) is 5.92 Å². The van der Waals surface area contributed by atoms with Crippen LogP contribution >= 0.6 is 0 Å². The predicted molar refractivity (Wildman–Crippen MR) is 46.5 cm³/mol. The second-order valence-corrected chi connectivity index (χ2v) is 3.59. The fraction of sp³-hybridized carbons (Fsp3) is 0.500. The molecule has 6 nitrogen and oxygen atoms in total. The second-order valence-electron chi connectivity index (χ2n) is 3.59. The first-order valence-corrected chi connectivity index (χ1v) is 4.58. The lowest BCUT2D eigenvalue weighted by Gasteiger charge is -1.82. The first-order chi connectivity index (χ1) is 7.24. The third-order valence-corrected chi connectivity index (χ3v) is 2.30. The molecule has 1 aliphatic carbocycles. The molecule has 0 bridgehead atoms. The van der Waals surface area contributed by atoms with Crippen molar-refractivity contribution in [3.05, 3.63) is 12.1 Å². The fourth-order valence-electron chi connectivity index (χ4n) is 1.36. The molecule has 2 aromatic rings. The Labute approximate surface area is 84.1 Å². The monoisotopic (exact) mass is 209 g/mol. The normalized spacial score (nSPS) is 24.4. The highest BCUT2D eigenvalue weighted by Crippen LogP contribution is 2.42. The average molecular weight is 209 g/mol. The van der Waals surface area contributed by atoms with Crippen LogP contribution in [-0.4, -0.2) is 31.3 Å². The van der Waals surface area contributed by atoms with E-state index in [4.69, 9.17) is 4.52 Å². The highest BCUT2D eigenvalue weighted by Gasteiger charge is 2.43. The molecule has 3 rings (SSSR count). The van der Waals surface area contributed by atoms with Crippen molar-refractivity contribution < 1.29 is 8.91 Å². The number of hydrogen-bond acceptors (Lipinski definition) is 5. The molecule has 15 heavy (non-hydrogen) atoms. The summed E-state index contributed by atoms with van der Waals surface area (Å²) in [5.41, 5.74) is 0.531. The van der Waals surface area contributed by atoms with Gasteiger partial charge in [-0.2, -0.15) is 4.98 Å². The van der Waals surface area contributed by atoms with Crippen molar-refractivity contribution in [2.75, 3.05) is 0 Å². The smallest absolute Gasteiger partial charge is 0.233 e. The summed E-state index contributed by atoms with van der Waals surface area (Å²) in [5, 5.41) is 11.3. The van der Waals surface area contributed by atoms with Crippen molar-refractivity contribution >= 4 is 0 Å². The Morgan fingerprint density at radius 2 is 2.40 bits per heavy atom. The van der Waals surface area contributed by atoms with E-state index in [0.29, 0.717) is 23.8 Å². The van der Waals surface area contributed by atoms with Gasteiger partial charge in [-0.15, -0.1) is 5.10 Å². The van der Waals surface area contributed by atoms with Crippen LogP contribution in [0.15, 0.2) is 10.7 Å². The van der Waals surface area contributed by atoms with Gasteiger partial charge >= 0.3 is 0 Å². The molecule has 0 radical (unpaired) electrons. The first-order valence-electron chi connectivity index (χ1n) is 4.58. The van der Waals surface area contributed by atoms with E-state index in [1.807, 2.05) is 0 Å². The Kier molecular flexibility index (Phi) is 1.62. The number of hydrogen-bond donors (Lipinski definition) is 0. The van der Waals surface area contributed by atoms with E-state index >= 15 is 0 Å². The topological polar surface area (TPSA) is 69.6 Å². The molecular weight excluding hydrogens is 201 g/mol. The van der Waals surface area contributed by atoms with Crippen LogP contribution in [0.4, 0.5) is 4.39 Å². The SMILES string of the molecule is Cn1cc(-c2noc([C@@H]3C[C@@H]3F)n2)nn1. The Morgan fingerprint density at radius 1 is 1.60 bits per heavy atom. The third-order valence-electron chi connectivity index (χ3n) is 2.30. The van der Waals surface area contributed by atoms with Gasteiger partial charge in [-0.1, -0.05) is 10.4 Å². The van der Waals surface area contributed by atoms with Crippen molar-refractivity contribution in [1.82, 2.24) is 25.1 Å². The van der Waals surface area contributed by atoms with E-state index in [9.17, 15) is 4.39 Å². The van der Waals surface area contributed by atoms with Crippen LogP contribution in [0.5, 0.6) is 0 Å². The maximum atomic E-state index is 12.7. The molecule has 0 N–H and O–H groups in total. The van der Waals surface area contributed by atoms with Gasteiger partial charge in [0, 0.05) is 7.05 Å². The van der Waals surface area contributed by atoms with Gasteiger partial charge in [-0.3, -0.25) is 4.68 Å². The van der Waals surface area contributed by atoms with Crippen LogP contribution in [0.2, 0.25) is 0 Å². The van der Waals surface area contributed by atoms with Crippen molar-refractivity contribution in [1.29, 1.82) is 0 Å². The fourth-order valence-corrected chi connectivity index (χ4v) is 1.36. The van der Waals surface area contributed by atoms with Crippen molar-refractivity contribution in [3.8, 4) is 11.5 Å². The average Bonchev–Trinajstić information content (AvgIpc) is 2.71. The molecule has 0 saturated heterocycles. The Morgan fingerprint density at radius 3 is 3.00 bits per heavy atom. The highest BCUT2D eigenvalue weighted by atomic mass is 19.1. The Bertz CT molecular complexity index is 493. The molecular formula is C8H8FN5O. The zero-order valence-corrected chi connectivity index (χ0v) is 7.96. The second kappa shape index (κ2) is 2.85. The molecule has 0 aromatic carbocycles. The number of nitrogens with zero attached hydrogens (tertiary/aromatic N) is 5. The summed E-state index contributed by atoms with van der Waals surface area (Å²) in [6.45, 7) is 0. The summed E-state index contributed by atoms with van der Waals surface area (Å²) in [7, 11) is 1.75. The molecule has 0 unspecified atom stereocenters. The molecule has 1 saturated carbocycles. The summed E-state index contributed by atoms with van der Waals surface area (Å²) in [6, 6.07) is 0. The maximum Gasteiger partial charge on any atom is 0.233 e. The quantitative estimate of drug-likeness (QED) is 0.727. The first kappa shape index (κ1) is 8.51. The minimum Gasteiger partial charge on any atom is -0.338 e. The van der Waals surface area contributed by atoms with Gasteiger partial charge < -0.3 is 4.52 Å². The zero-order chi connectivity index (χ0) is 10.4. The molecule has 7 heteroatoms. The molecule has 1 aliphatic rings. The molecule has 78 valence electrons. The molecule has 1 fully saturated rings. The lowest BCUT2D eigenvalue weighted by atomic mass is 10.4. The number of aromatic nitrogens is 5. The molecule has 0 spiro atoms. The number of alkyl halides is 1. The van der Waals surface area contributed by atoms with Crippen molar-refractivity contribution in [3.63, 3.8) is 0 Å². The van der Waals surface area contributed by atoms with Gasteiger partial charge in [0.2, 0.25) is 11.7 Å². The van der Waals surface area contributed by atoms with Crippen molar-refractivity contribution in [2.45, 2.75) is 18.5 Å². The van der Waals surface area contributed by atoms with Crippen LogP contribution in [0.1, 0.15) is 18.2 Å². The molecule has 2 heterocycles. The van der Waals surface area contributed by atoms with Gasteiger partial charge in [0.15, 0.2) is 5.69 Å². The summed E-state index contributed by atoms with van der Waals surface area (Å²) in [6.07, 6.45) is 1.32. The van der Waals surface area contributed by atoms with Crippen LogP contribution in [0, 0.1) is 0 Å². The van der Waals surface area contributed by atoms with Gasteiger partial charge in [0.25, 0.3) is 0 Å². The van der Waals surface area contributed by atoms with Gasteiger partial charge in [-0.25, -0.2) is 4.39 Å². The van der Waals surface area contributed by atoms with E-state index in [2.05, 4.69) is 20.5 Å². The summed E-state index contributed by atoms with van der Waals surface area (Å²) in [4.78, 5) is 4.07. The van der Waals surface area contributed by atoms with E-state index in [1.165, 1.54) is 0 Å². The third kappa shape index (κ3) is 1.39. The predicted octanol–water partition coefficient (Wildman–Crippen LogP) is 0.690. The molecule has 0 amide bonds. The summed E-state index contributed by atoms with van der Waals surface area (Å²) < 4.78 is 19.2. The maximum absolute atomic E-state index is 12.7. The van der Waals surface area contributed by atoms with E-state index < -0.39 is 6.17 Å². The van der Waals surface area contributed by atoms with Gasteiger partial charge in [0.05, 0.1) is 12.1 Å². The van der Waals surface area contributed by atoms with E-state index in [1.54, 1.807) is 17.9 Å². The number of aryl methyl sites for hydroxylation is 1. The van der Waals surface area contributed by atoms with Crippen LogP contribution < -0.4 is 0 Å². The lowest BCUT2D eigenvalue weighted by molar-refractivity contribution is 0.363. The van der Waals surface area contributed by atoms with Gasteiger partial charge in [-0.05, 0) is 6.42 Å². The highest BCUT2D eigenvalue weighted by molar-refractivity contribution is 5.45.